The van der Waals surface area contributed by atoms with Crippen LogP contribution in [0.15, 0.2) is 54.6 Å². The molecule has 0 saturated carbocycles. The van der Waals surface area contributed by atoms with Crippen LogP contribution >= 0.6 is 0 Å². The number of pyridine rings is 1. The van der Waals surface area contributed by atoms with Crippen LogP contribution in [-0.2, 0) is 4.74 Å². The third kappa shape index (κ3) is 4.39. The summed E-state index contributed by atoms with van der Waals surface area (Å²) in [4.78, 5) is 19.7. The zero-order valence-electron chi connectivity index (χ0n) is 16.6. The van der Waals surface area contributed by atoms with Crippen LogP contribution in [0.3, 0.4) is 0 Å². The van der Waals surface area contributed by atoms with Crippen molar-refractivity contribution in [3.63, 3.8) is 0 Å². The quantitative estimate of drug-likeness (QED) is 0.700. The number of nitrogen functional groups attached to an aromatic ring is 1. The van der Waals surface area contributed by atoms with Crippen LogP contribution in [0.1, 0.15) is 27.5 Å². The summed E-state index contributed by atoms with van der Waals surface area (Å²) in [7, 11) is 0. The van der Waals surface area contributed by atoms with Crippen LogP contribution in [0.5, 0.6) is 0 Å². The van der Waals surface area contributed by atoms with E-state index in [9.17, 15) is 4.79 Å². The van der Waals surface area contributed by atoms with Crippen LogP contribution in [0.4, 0.5) is 5.82 Å². The fourth-order valence-electron chi connectivity index (χ4n) is 3.80. The second kappa shape index (κ2) is 8.59. The first kappa shape index (κ1) is 19.4. The van der Waals surface area contributed by atoms with Gasteiger partial charge < -0.3 is 15.8 Å². The lowest BCUT2D eigenvalue weighted by Crippen LogP contribution is -2.43. The van der Waals surface area contributed by atoms with Crippen LogP contribution in [0.2, 0.25) is 0 Å². The Kier molecular flexibility index (Phi) is 5.74. The normalized spacial score (nSPS) is 15.9. The molecule has 4 rings (SSSR count). The van der Waals surface area contributed by atoms with Crippen LogP contribution < -0.4 is 11.1 Å². The lowest BCUT2D eigenvalue weighted by atomic mass is 10.0. The van der Waals surface area contributed by atoms with E-state index in [2.05, 4.69) is 46.4 Å². The number of nitrogens with one attached hydrogen (secondary N) is 1. The minimum Gasteiger partial charge on any atom is -0.384 e. The number of ether oxygens (including phenoxy) is 1. The number of carbonyl (C=O) groups is 1. The number of nitrogens with two attached hydrogens (primary N) is 1. The van der Waals surface area contributed by atoms with Crippen LogP contribution in [0.25, 0.3) is 10.9 Å². The maximum absolute atomic E-state index is 13.0. The average molecular weight is 390 g/mol. The zero-order chi connectivity index (χ0) is 20.2. The van der Waals surface area contributed by atoms with E-state index in [0.29, 0.717) is 31.1 Å². The predicted molar refractivity (Wildman–Crippen MR) is 115 cm³/mol. The third-order valence-electron chi connectivity index (χ3n) is 5.39. The molecule has 0 bridgehead atoms. The molecule has 3 aromatic rings. The number of aromatic nitrogens is 1. The average Bonchev–Trinajstić information content (AvgIpc) is 2.75. The fourth-order valence-corrected chi connectivity index (χ4v) is 3.80. The number of anilines is 1. The summed E-state index contributed by atoms with van der Waals surface area (Å²) in [5, 5.41) is 3.93. The van der Waals surface area contributed by atoms with Crippen LogP contribution in [0, 0.1) is 6.92 Å². The number of morpholine rings is 1. The second-order valence-electron chi connectivity index (χ2n) is 7.40. The number of nitrogens with zero attached hydrogens (tertiary/aromatic N) is 2. The van der Waals surface area contributed by atoms with Gasteiger partial charge in [-0.25, -0.2) is 4.98 Å². The molecule has 6 heteroatoms. The van der Waals surface area contributed by atoms with E-state index in [1.807, 2.05) is 24.3 Å². The van der Waals surface area contributed by atoms with Gasteiger partial charge >= 0.3 is 0 Å². The largest absolute Gasteiger partial charge is 0.384 e. The Balaban J connectivity index is 1.57. The van der Waals surface area contributed by atoms with Crippen molar-refractivity contribution in [2.75, 3.05) is 38.6 Å². The number of hydrogen-bond donors (Lipinski definition) is 2. The highest BCUT2D eigenvalue weighted by atomic mass is 16.5. The molecule has 1 amide bonds. The molecule has 3 N–H and O–H groups in total. The molecule has 1 saturated heterocycles. The molecule has 1 fully saturated rings. The summed E-state index contributed by atoms with van der Waals surface area (Å²) in [5.74, 6) is 0.206. The SMILES string of the molecule is Cc1ccc(C(CNC(=O)c2cc(N)nc3ccccc23)N2CCOCC2)cc1. The Morgan fingerprint density at radius 2 is 1.90 bits per heavy atom. The smallest absolute Gasteiger partial charge is 0.252 e. The molecule has 29 heavy (non-hydrogen) atoms. The Morgan fingerprint density at radius 3 is 2.66 bits per heavy atom. The Hall–Kier alpha value is -2.96. The molecular formula is C23H26N4O2. The first-order valence-electron chi connectivity index (χ1n) is 9.93. The van der Waals surface area contributed by atoms with Gasteiger partial charge in [0.1, 0.15) is 5.82 Å². The summed E-state index contributed by atoms with van der Waals surface area (Å²) in [6.07, 6.45) is 0. The van der Waals surface area contributed by atoms with Gasteiger partial charge in [-0.05, 0) is 24.6 Å². The van der Waals surface area contributed by atoms with Gasteiger partial charge in [-0.15, -0.1) is 0 Å². The summed E-state index contributed by atoms with van der Waals surface area (Å²) < 4.78 is 5.51. The Morgan fingerprint density at radius 1 is 1.17 bits per heavy atom. The van der Waals surface area contributed by atoms with E-state index in [-0.39, 0.29) is 11.9 Å². The van der Waals surface area contributed by atoms with Crippen molar-refractivity contribution in [3.8, 4) is 0 Å². The van der Waals surface area contributed by atoms with Crippen molar-refractivity contribution < 1.29 is 9.53 Å². The summed E-state index contributed by atoms with van der Waals surface area (Å²) in [5.41, 5.74) is 9.62. The lowest BCUT2D eigenvalue weighted by Gasteiger charge is -2.35. The van der Waals surface area contributed by atoms with Crippen molar-refractivity contribution in [3.05, 3.63) is 71.3 Å². The topological polar surface area (TPSA) is 80.5 Å². The van der Waals surface area contributed by atoms with Gasteiger partial charge in [-0.2, -0.15) is 0 Å². The third-order valence-corrected chi connectivity index (χ3v) is 5.39. The van der Waals surface area contributed by atoms with Gasteiger partial charge in [0.05, 0.1) is 30.3 Å². The fraction of sp³-hybridized carbons (Fsp3) is 0.304. The monoisotopic (exact) mass is 390 g/mol. The molecule has 0 radical (unpaired) electrons. The Labute approximate surface area is 170 Å². The van der Waals surface area contributed by atoms with Gasteiger partial charge in [0.15, 0.2) is 0 Å². The number of fused-ring (bicyclic) bond motifs is 1. The summed E-state index contributed by atoms with van der Waals surface area (Å²) >= 11 is 0. The molecule has 1 atom stereocenters. The van der Waals surface area contributed by atoms with Gasteiger partial charge in [-0.1, -0.05) is 48.0 Å². The predicted octanol–water partition coefficient (Wildman–Crippen LogP) is 2.93. The highest BCUT2D eigenvalue weighted by molar-refractivity contribution is 6.06. The number of para-hydroxylation sites is 1. The maximum atomic E-state index is 13.0. The van der Waals surface area contributed by atoms with Gasteiger partial charge in [0.2, 0.25) is 0 Å². The van der Waals surface area contributed by atoms with E-state index in [4.69, 9.17) is 10.5 Å². The highest BCUT2D eigenvalue weighted by Crippen LogP contribution is 2.23. The Bertz CT molecular complexity index is 997. The first-order chi connectivity index (χ1) is 14.1. The van der Waals surface area contributed by atoms with Crippen LogP contribution in [-0.4, -0.2) is 48.6 Å². The van der Waals surface area contributed by atoms with Gasteiger partial charge in [-0.3, -0.25) is 9.69 Å². The minimum absolute atomic E-state index is 0.0916. The summed E-state index contributed by atoms with van der Waals surface area (Å²) in [6, 6.07) is 17.8. The van der Waals surface area contributed by atoms with E-state index in [1.54, 1.807) is 6.07 Å². The van der Waals surface area contributed by atoms with Crippen molar-refractivity contribution in [2.45, 2.75) is 13.0 Å². The van der Waals surface area contributed by atoms with Gasteiger partial charge in [0, 0.05) is 25.0 Å². The van der Waals surface area contributed by atoms with Crippen molar-refractivity contribution in [2.24, 2.45) is 0 Å². The van der Waals surface area contributed by atoms with E-state index < -0.39 is 0 Å². The number of amides is 1. The van der Waals surface area contributed by atoms with Crippen molar-refractivity contribution in [1.82, 2.24) is 15.2 Å². The van der Waals surface area contributed by atoms with E-state index in [1.165, 1.54) is 11.1 Å². The van der Waals surface area contributed by atoms with Crippen molar-refractivity contribution in [1.29, 1.82) is 0 Å². The standard InChI is InChI=1S/C23H26N4O2/c1-16-6-8-17(9-7-16)21(27-10-12-29-13-11-27)15-25-23(28)19-14-22(24)26-20-5-3-2-4-18(19)20/h2-9,14,21H,10-13,15H2,1H3,(H2,24,26)(H,25,28). The molecular weight excluding hydrogens is 364 g/mol. The molecule has 1 aliphatic heterocycles. The number of benzene rings is 2. The van der Waals surface area contributed by atoms with Crippen molar-refractivity contribution >= 4 is 22.6 Å². The van der Waals surface area contributed by atoms with E-state index >= 15 is 0 Å². The zero-order valence-corrected chi connectivity index (χ0v) is 16.6. The number of aryl methyl sites for hydroxylation is 1. The highest BCUT2D eigenvalue weighted by Gasteiger charge is 2.24. The molecule has 2 heterocycles. The molecule has 150 valence electrons. The number of rotatable bonds is 5. The maximum Gasteiger partial charge on any atom is 0.252 e. The van der Waals surface area contributed by atoms with Gasteiger partial charge in [0.25, 0.3) is 5.91 Å². The molecule has 1 unspecified atom stereocenters. The molecule has 6 nitrogen and oxygen atoms in total. The minimum atomic E-state index is -0.138. The molecule has 0 aliphatic carbocycles. The molecule has 1 aromatic heterocycles. The lowest BCUT2D eigenvalue weighted by molar-refractivity contribution is 0.0162. The summed E-state index contributed by atoms with van der Waals surface area (Å²) in [6.45, 7) is 5.70. The molecule has 0 spiro atoms. The molecule has 2 aromatic carbocycles. The number of carbonyl (C=O) groups excluding carboxylic acids is 1. The molecule has 1 aliphatic rings. The number of hydrogen-bond acceptors (Lipinski definition) is 5. The van der Waals surface area contributed by atoms with E-state index in [0.717, 1.165) is 24.0 Å². The first-order valence-corrected chi connectivity index (χ1v) is 9.93. The second-order valence-corrected chi connectivity index (χ2v) is 7.40.